The Morgan fingerprint density at radius 2 is 1.94 bits per heavy atom. The molecular weight excluding hydrogens is 420 g/mol. The lowest BCUT2D eigenvalue weighted by Crippen LogP contribution is -2.47. The lowest BCUT2D eigenvalue weighted by molar-refractivity contribution is -0.122. The number of hydrogen-bond donors (Lipinski definition) is 1. The van der Waals surface area contributed by atoms with Crippen molar-refractivity contribution in [3.63, 3.8) is 0 Å². The molecule has 1 atom stereocenters. The zero-order chi connectivity index (χ0) is 22.6. The molecule has 2 aromatic carbocycles. The molecule has 0 aliphatic carbocycles. The predicted octanol–water partition coefficient (Wildman–Crippen LogP) is 2.52. The summed E-state index contributed by atoms with van der Waals surface area (Å²) in [4.78, 5) is 17.0. The van der Waals surface area contributed by atoms with Crippen molar-refractivity contribution in [2.75, 3.05) is 17.7 Å². The highest BCUT2D eigenvalue weighted by atomic mass is 32.2. The molecule has 10 heteroatoms. The number of aryl methyl sites for hydroxylation is 1. The van der Waals surface area contributed by atoms with Crippen LogP contribution in [0.15, 0.2) is 53.1 Å². The quantitative estimate of drug-likeness (QED) is 0.568. The topological polar surface area (TPSA) is 115 Å². The maximum atomic E-state index is 12.7. The zero-order valence-electron chi connectivity index (χ0n) is 17.7. The van der Waals surface area contributed by atoms with Crippen LogP contribution in [-0.2, 0) is 21.4 Å². The summed E-state index contributed by atoms with van der Waals surface area (Å²) in [6.45, 7) is 3.38. The molecule has 1 aromatic heterocycles. The highest BCUT2D eigenvalue weighted by Gasteiger charge is 2.29. The highest BCUT2D eigenvalue weighted by Crippen LogP contribution is 2.22. The Hall–Kier alpha value is -3.40. The number of hydrogen-bond acceptors (Lipinski definition) is 7. The lowest BCUT2D eigenvalue weighted by atomic mass is 10.2. The van der Waals surface area contributed by atoms with Crippen LogP contribution in [0.4, 0.5) is 5.69 Å². The minimum atomic E-state index is -3.69. The van der Waals surface area contributed by atoms with Crippen LogP contribution < -0.4 is 14.4 Å². The van der Waals surface area contributed by atoms with E-state index in [2.05, 4.69) is 15.5 Å². The fraction of sp³-hybridized carbons (Fsp3) is 0.286. The van der Waals surface area contributed by atoms with Crippen LogP contribution >= 0.6 is 0 Å². The molecule has 0 bridgehead atoms. The second-order valence-corrected chi connectivity index (χ2v) is 8.89. The summed E-state index contributed by atoms with van der Waals surface area (Å²) in [6.07, 6.45) is 1.06. The Morgan fingerprint density at radius 1 is 1.23 bits per heavy atom. The average Bonchev–Trinajstić information content (AvgIpc) is 3.21. The Kier molecular flexibility index (Phi) is 6.59. The molecule has 3 aromatic rings. The maximum Gasteiger partial charge on any atom is 0.246 e. The molecule has 9 nitrogen and oxygen atoms in total. The van der Waals surface area contributed by atoms with Gasteiger partial charge in [-0.1, -0.05) is 35.0 Å². The van der Waals surface area contributed by atoms with Crippen LogP contribution in [0.5, 0.6) is 5.75 Å². The summed E-state index contributed by atoms with van der Waals surface area (Å²) in [5, 5.41) is 6.57. The van der Waals surface area contributed by atoms with Crippen molar-refractivity contribution in [2.45, 2.75) is 26.4 Å². The van der Waals surface area contributed by atoms with Gasteiger partial charge in [0, 0.05) is 5.56 Å². The van der Waals surface area contributed by atoms with Gasteiger partial charge in [0.25, 0.3) is 0 Å². The zero-order valence-corrected chi connectivity index (χ0v) is 18.5. The number of benzene rings is 2. The van der Waals surface area contributed by atoms with E-state index in [4.69, 9.17) is 9.26 Å². The Labute approximate surface area is 181 Å². The predicted molar refractivity (Wildman–Crippen MR) is 116 cm³/mol. The van der Waals surface area contributed by atoms with E-state index >= 15 is 0 Å². The second-order valence-electron chi connectivity index (χ2n) is 7.03. The highest BCUT2D eigenvalue weighted by molar-refractivity contribution is 7.92. The van der Waals surface area contributed by atoms with Gasteiger partial charge in [0.05, 0.1) is 25.6 Å². The molecule has 0 fully saturated rings. The minimum Gasteiger partial charge on any atom is -0.497 e. The summed E-state index contributed by atoms with van der Waals surface area (Å²) < 4.78 is 36.2. The van der Waals surface area contributed by atoms with Gasteiger partial charge in [-0.25, -0.2) is 8.42 Å². The van der Waals surface area contributed by atoms with Crippen LogP contribution in [-0.4, -0.2) is 43.9 Å². The number of aromatic nitrogens is 2. The number of nitrogens with one attached hydrogen (secondary N) is 1. The normalized spacial score (nSPS) is 12.3. The van der Waals surface area contributed by atoms with Gasteiger partial charge in [0.1, 0.15) is 11.8 Å². The van der Waals surface area contributed by atoms with Crippen molar-refractivity contribution >= 4 is 21.6 Å². The van der Waals surface area contributed by atoms with Gasteiger partial charge in [-0.2, -0.15) is 4.98 Å². The van der Waals surface area contributed by atoms with Crippen molar-refractivity contribution in [1.29, 1.82) is 0 Å². The molecular formula is C21H24N4O5S. The van der Waals surface area contributed by atoms with E-state index in [9.17, 15) is 13.2 Å². The Balaban J connectivity index is 1.70. The summed E-state index contributed by atoms with van der Waals surface area (Å²) in [6, 6.07) is 13.1. The first-order chi connectivity index (χ1) is 14.7. The average molecular weight is 445 g/mol. The summed E-state index contributed by atoms with van der Waals surface area (Å²) in [5.41, 5.74) is 2.10. The number of rotatable bonds is 8. The first-order valence-corrected chi connectivity index (χ1v) is 11.3. The molecule has 3 rings (SSSR count). The monoisotopic (exact) mass is 444 g/mol. The Bertz CT molecular complexity index is 1160. The molecule has 0 aliphatic heterocycles. The molecule has 1 N–H and O–H groups in total. The van der Waals surface area contributed by atoms with Crippen LogP contribution in [0.2, 0.25) is 0 Å². The standard InChI is InChI=1S/C21H24N4O5S/c1-14-8-10-17(11-9-14)25(31(4,27)28)15(2)21(26)22-13-19-23-20(24-30-19)16-6-5-7-18(12-16)29-3/h5-12,15H,13H2,1-4H3,(H,22,26)/t15-/m1/s1. The fourth-order valence-electron chi connectivity index (χ4n) is 3.02. The van der Waals surface area contributed by atoms with E-state index in [1.165, 1.54) is 6.92 Å². The third-order valence-electron chi connectivity index (χ3n) is 4.59. The molecule has 0 aliphatic rings. The number of anilines is 1. The number of nitrogens with zero attached hydrogens (tertiary/aromatic N) is 3. The third kappa shape index (κ3) is 5.40. The van der Waals surface area contributed by atoms with E-state index in [-0.39, 0.29) is 12.4 Å². The van der Waals surface area contributed by atoms with Crippen LogP contribution in [0.25, 0.3) is 11.4 Å². The van der Waals surface area contributed by atoms with Crippen molar-refractivity contribution < 1.29 is 22.5 Å². The molecule has 1 amide bonds. The number of carbonyl (C=O) groups is 1. The van der Waals surface area contributed by atoms with E-state index in [1.54, 1.807) is 49.6 Å². The van der Waals surface area contributed by atoms with Gasteiger partial charge in [-0.05, 0) is 38.1 Å². The first kappa shape index (κ1) is 22.3. The smallest absolute Gasteiger partial charge is 0.246 e. The number of carbonyl (C=O) groups excluding carboxylic acids is 1. The number of ether oxygens (including phenoxy) is 1. The van der Waals surface area contributed by atoms with Gasteiger partial charge < -0.3 is 14.6 Å². The van der Waals surface area contributed by atoms with Gasteiger partial charge in [0.15, 0.2) is 0 Å². The third-order valence-corrected chi connectivity index (χ3v) is 5.83. The van der Waals surface area contributed by atoms with E-state index in [1.807, 2.05) is 13.0 Å². The van der Waals surface area contributed by atoms with Crippen molar-refractivity contribution in [3.05, 3.63) is 60.0 Å². The first-order valence-electron chi connectivity index (χ1n) is 9.50. The maximum absolute atomic E-state index is 12.7. The number of methoxy groups -OCH3 is 1. The molecule has 0 radical (unpaired) electrons. The van der Waals surface area contributed by atoms with E-state index in [0.717, 1.165) is 16.1 Å². The second kappa shape index (κ2) is 9.17. The molecule has 31 heavy (non-hydrogen) atoms. The van der Waals surface area contributed by atoms with E-state index in [0.29, 0.717) is 22.8 Å². The fourth-order valence-corrected chi connectivity index (χ4v) is 4.19. The molecule has 0 saturated carbocycles. The van der Waals surface area contributed by atoms with Gasteiger partial charge >= 0.3 is 0 Å². The SMILES string of the molecule is COc1cccc(-c2noc(CNC(=O)[C@@H](C)N(c3ccc(C)cc3)S(C)(=O)=O)n2)c1. The molecule has 0 unspecified atom stereocenters. The van der Waals surface area contributed by atoms with Gasteiger partial charge in [-0.3, -0.25) is 9.10 Å². The van der Waals surface area contributed by atoms with Crippen molar-refractivity contribution in [1.82, 2.24) is 15.5 Å². The van der Waals surface area contributed by atoms with Crippen molar-refractivity contribution in [3.8, 4) is 17.1 Å². The van der Waals surface area contributed by atoms with Crippen LogP contribution in [0.1, 0.15) is 18.4 Å². The summed E-state index contributed by atoms with van der Waals surface area (Å²) >= 11 is 0. The summed E-state index contributed by atoms with van der Waals surface area (Å²) in [7, 11) is -2.12. The van der Waals surface area contributed by atoms with Crippen LogP contribution in [0.3, 0.4) is 0 Å². The molecule has 0 saturated heterocycles. The molecule has 164 valence electrons. The minimum absolute atomic E-state index is 0.0361. The van der Waals surface area contributed by atoms with Crippen molar-refractivity contribution in [2.24, 2.45) is 0 Å². The molecule has 0 spiro atoms. The largest absolute Gasteiger partial charge is 0.497 e. The van der Waals surface area contributed by atoms with Gasteiger partial charge in [0.2, 0.25) is 27.6 Å². The van der Waals surface area contributed by atoms with Gasteiger partial charge in [-0.15, -0.1) is 0 Å². The van der Waals surface area contributed by atoms with E-state index < -0.39 is 22.0 Å². The lowest BCUT2D eigenvalue weighted by Gasteiger charge is -2.28. The molecule has 1 heterocycles. The summed E-state index contributed by atoms with van der Waals surface area (Å²) in [5.74, 6) is 0.711. The number of amides is 1. The van der Waals surface area contributed by atoms with Crippen LogP contribution in [0, 0.1) is 6.92 Å². The number of sulfonamides is 1. The Morgan fingerprint density at radius 3 is 2.58 bits per heavy atom.